The molecule has 7 heteroatoms. The van der Waals surface area contributed by atoms with E-state index >= 15 is 4.39 Å². The number of fused-ring (bicyclic) bond motifs is 4. The highest BCUT2D eigenvalue weighted by Gasteiger charge is 2.37. The maximum atomic E-state index is 15.9. The van der Waals surface area contributed by atoms with Gasteiger partial charge in [-0.2, -0.15) is 13.2 Å². The molecule has 0 aliphatic heterocycles. The highest BCUT2D eigenvalue weighted by molar-refractivity contribution is 7.17. The Balaban J connectivity index is 1.77. The van der Waals surface area contributed by atoms with Crippen LogP contribution in [0.1, 0.15) is 31.9 Å². The van der Waals surface area contributed by atoms with Crippen LogP contribution in [0.25, 0.3) is 53.8 Å². The van der Waals surface area contributed by atoms with Gasteiger partial charge in [-0.15, -0.1) is 11.3 Å². The lowest BCUT2D eigenvalue weighted by atomic mass is 9.81. The van der Waals surface area contributed by atoms with Gasteiger partial charge in [0.25, 0.3) is 0 Å². The Labute approximate surface area is 208 Å². The van der Waals surface area contributed by atoms with E-state index in [1.54, 1.807) is 11.3 Å². The fourth-order valence-electron chi connectivity index (χ4n) is 5.02. The quantitative estimate of drug-likeness (QED) is 0.165. The Bertz CT molecular complexity index is 1830. The van der Waals surface area contributed by atoms with Crippen molar-refractivity contribution in [3.05, 3.63) is 83.2 Å². The molecule has 0 saturated heterocycles. The maximum absolute atomic E-state index is 15.9. The molecule has 0 aliphatic rings. The minimum absolute atomic E-state index is 0.106. The molecule has 2 heterocycles. The van der Waals surface area contributed by atoms with E-state index < -0.39 is 23.1 Å². The molecule has 0 bridgehead atoms. The molecular formula is C29H20F4N2S. The van der Waals surface area contributed by atoms with Crippen molar-refractivity contribution in [1.82, 2.24) is 9.97 Å². The van der Waals surface area contributed by atoms with Gasteiger partial charge in [-0.3, -0.25) is 0 Å². The molecule has 0 spiro atoms. The van der Waals surface area contributed by atoms with E-state index in [4.69, 9.17) is 0 Å². The zero-order valence-electron chi connectivity index (χ0n) is 19.7. The molecule has 0 saturated carbocycles. The van der Waals surface area contributed by atoms with Crippen LogP contribution in [0.2, 0.25) is 0 Å². The molecule has 0 fully saturated rings. The Morgan fingerprint density at radius 1 is 0.806 bits per heavy atom. The monoisotopic (exact) mass is 504 g/mol. The Kier molecular flexibility index (Phi) is 4.89. The third-order valence-electron chi connectivity index (χ3n) is 6.63. The molecular weight excluding hydrogens is 484 g/mol. The number of benzene rings is 4. The third kappa shape index (κ3) is 3.45. The zero-order chi connectivity index (χ0) is 25.4. The second-order valence-corrected chi connectivity index (χ2v) is 10.9. The predicted octanol–water partition coefficient (Wildman–Crippen LogP) is 9.27. The summed E-state index contributed by atoms with van der Waals surface area (Å²) in [4.78, 5) is 8.28. The van der Waals surface area contributed by atoms with Gasteiger partial charge in [0, 0.05) is 15.6 Å². The van der Waals surface area contributed by atoms with E-state index in [9.17, 15) is 13.2 Å². The van der Waals surface area contributed by atoms with Crippen molar-refractivity contribution in [2.75, 3.05) is 0 Å². The van der Waals surface area contributed by atoms with Crippen molar-refractivity contribution < 1.29 is 17.6 Å². The lowest BCUT2D eigenvalue weighted by molar-refractivity contribution is -0.135. The number of hydrogen-bond acceptors (Lipinski definition) is 3. The number of halogens is 4. The molecule has 0 amide bonds. The lowest BCUT2D eigenvalue weighted by Gasteiger charge is -2.23. The Morgan fingerprint density at radius 3 is 2.28 bits per heavy atom. The van der Waals surface area contributed by atoms with Gasteiger partial charge in [0.1, 0.15) is 12.1 Å². The van der Waals surface area contributed by atoms with Crippen LogP contribution in [-0.2, 0) is 11.6 Å². The van der Waals surface area contributed by atoms with Crippen LogP contribution in [0.3, 0.4) is 0 Å². The first kappa shape index (κ1) is 22.9. The Hall–Kier alpha value is -3.58. The predicted molar refractivity (Wildman–Crippen MR) is 139 cm³/mol. The molecule has 2 aromatic heterocycles. The standard InChI is InChI=1S/C29H20F4N2S/c1-28(2,3)21-12-17(10-16-13-22-15(8-9-36-22)11-20(16)21)26-23-25(30)19-7-5-4-6-18(19)24(29(31,32)33)27(23)35-14-34-26/h4-14H,1-3H3. The second-order valence-electron chi connectivity index (χ2n) is 9.98. The van der Waals surface area contributed by atoms with Crippen molar-refractivity contribution in [1.29, 1.82) is 0 Å². The molecule has 0 radical (unpaired) electrons. The summed E-state index contributed by atoms with van der Waals surface area (Å²) in [6, 6.07) is 15.7. The largest absolute Gasteiger partial charge is 0.419 e. The molecule has 0 unspecified atom stereocenters. The molecule has 0 aliphatic carbocycles. The zero-order valence-corrected chi connectivity index (χ0v) is 20.5. The lowest BCUT2D eigenvalue weighted by Crippen LogP contribution is -2.12. The first-order valence-electron chi connectivity index (χ1n) is 11.4. The van der Waals surface area contributed by atoms with Crippen LogP contribution < -0.4 is 0 Å². The van der Waals surface area contributed by atoms with E-state index in [0.29, 0.717) is 5.56 Å². The van der Waals surface area contributed by atoms with E-state index in [-0.39, 0.29) is 27.3 Å². The van der Waals surface area contributed by atoms with E-state index in [2.05, 4.69) is 48.9 Å². The second kappa shape index (κ2) is 7.71. The fraction of sp³-hybridized carbons (Fsp3) is 0.172. The smallest absolute Gasteiger partial charge is 0.236 e. The number of hydrogen-bond donors (Lipinski definition) is 0. The fourth-order valence-corrected chi connectivity index (χ4v) is 5.84. The summed E-state index contributed by atoms with van der Waals surface area (Å²) in [5.74, 6) is -0.754. The van der Waals surface area contributed by atoms with Crippen molar-refractivity contribution in [3.8, 4) is 11.3 Å². The summed E-state index contributed by atoms with van der Waals surface area (Å²) in [6.45, 7) is 6.24. The molecule has 180 valence electrons. The van der Waals surface area contributed by atoms with Crippen molar-refractivity contribution in [2.45, 2.75) is 32.4 Å². The summed E-state index contributed by atoms with van der Waals surface area (Å²) < 4.78 is 59.9. The van der Waals surface area contributed by atoms with Gasteiger partial charge in [-0.25, -0.2) is 14.4 Å². The number of alkyl halides is 3. The number of thiophene rings is 1. The average molecular weight is 505 g/mol. The third-order valence-corrected chi connectivity index (χ3v) is 7.51. The SMILES string of the molecule is CC(C)(C)c1cc(-c2ncnc3c(C(F)(F)F)c4ccccc4c(F)c23)cc2cc3sccc3cc12. The van der Waals surface area contributed by atoms with E-state index in [1.165, 1.54) is 24.3 Å². The molecule has 6 aromatic rings. The minimum Gasteiger partial charge on any atom is -0.236 e. The van der Waals surface area contributed by atoms with Crippen LogP contribution in [0, 0.1) is 5.82 Å². The minimum atomic E-state index is -4.72. The van der Waals surface area contributed by atoms with Crippen LogP contribution in [0.15, 0.2) is 66.3 Å². The van der Waals surface area contributed by atoms with Gasteiger partial charge < -0.3 is 0 Å². The summed E-state index contributed by atoms with van der Waals surface area (Å²) >= 11 is 1.62. The van der Waals surface area contributed by atoms with Gasteiger partial charge in [0.2, 0.25) is 0 Å². The van der Waals surface area contributed by atoms with Crippen LogP contribution >= 0.6 is 11.3 Å². The normalized spacial score (nSPS) is 12.9. The number of rotatable bonds is 1. The highest BCUT2D eigenvalue weighted by atomic mass is 32.1. The first-order chi connectivity index (χ1) is 17.0. The first-order valence-corrected chi connectivity index (χ1v) is 12.3. The van der Waals surface area contributed by atoms with Crippen LogP contribution in [0.4, 0.5) is 17.6 Å². The summed E-state index contributed by atoms with van der Waals surface area (Å²) in [6.07, 6.45) is -3.63. The molecule has 0 N–H and O–H groups in total. The van der Waals surface area contributed by atoms with Gasteiger partial charge >= 0.3 is 6.18 Å². The van der Waals surface area contributed by atoms with Crippen molar-refractivity contribution in [2.24, 2.45) is 0 Å². The summed E-state index contributed by atoms with van der Waals surface area (Å²) in [7, 11) is 0. The summed E-state index contributed by atoms with van der Waals surface area (Å²) in [5.41, 5.74) is 0.0473. The molecule has 4 aromatic carbocycles. The van der Waals surface area contributed by atoms with Gasteiger partial charge in [-0.1, -0.05) is 45.0 Å². The topological polar surface area (TPSA) is 25.8 Å². The Morgan fingerprint density at radius 2 is 1.56 bits per heavy atom. The number of nitrogens with zero attached hydrogens (tertiary/aromatic N) is 2. The molecule has 6 rings (SSSR count). The van der Waals surface area contributed by atoms with Gasteiger partial charge in [0.05, 0.1) is 22.2 Å². The van der Waals surface area contributed by atoms with Crippen LogP contribution in [0.5, 0.6) is 0 Å². The summed E-state index contributed by atoms with van der Waals surface area (Å²) in [5, 5.41) is 4.59. The maximum Gasteiger partial charge on any atom is 0.419 e. The molecule has 2 nitrogen and oxygen atoms in total. The molecule has 36 heavy (non-hydrogen) atoms. The van der Waals surface area contributed by atoms with Crippen molar-refractivity contribution >= 4 is 53.9 Å². The van der Waals surface area contributed by atoms with Crippen LogP contribution in [-0.4, -0.2) is 9.97 Å². The van der Waals surface area contributed by atoms with Crippen molar-refractivity contribution in [3.63, 3.8) is 0 Å². The highest BCUT2D eigenvalue weighted by Crippen LogP contribution is 2.44. The van der Waals surface area contributed by atoms with E-state index in [1.807, 2.05) is 17.5 Å². The number of aromatic nitrogens is 2. The average Bonchev–Trinajstić information content (AvgIpc) is 3.27. The van der Waals surface area contributed by atoms with E-state index in [0.717, 1.165) is 32.7 Å². The van der Waals surface area contributed by atoms with Gasteiger partial charge in [0.15, 0.2) is 0 Å². The molecule has 0 atom stereocenters. The van der Waals surface area contributed by atoms with Gasteiger partial charge in [-0.05, 0) is 68.2 Å².